The largest absolute Gasteiger partial charge is 0.481 e. The number of hydrogen-bond donors (Lipinski definition) is 1. The first-order valence-electron chi connectivity index (χ1n) is 8.46. The van der Waals surface area contributed by atoms with Crippen molar-refractivity contribution in [2.75, 3.05) is 0 Å². The molecule has 0 amide bonds. The van der Waals surface area contributed by atoms with Gasteiger partial charge in [-0.3, -0.25) is 14.4 Å². The van der Waals surface area contributed by atoms with Crippen molar-refractivity contribution in [2.45, 2.75) is 85.0 Å². The van der Waals surface area contributed by atoms with Gasteiger partial charge in [0, 0.05) is 18.3 Å². The Morgan fingerprint density at radius 3 is 2.00 bits per heavy atom. The Morgan fingerprint density at radius 1 is 1.00 bits per heavy atom. The number of Topliss-reactive ketones (excluding diaryl/α,β-unsaturated/α-hetero) is 2. The van der Waals surface area contributed by atoms with Crippen LogP contribution in [0.15, 0.2) is 0 Å². The smallest absolute Gasteiger partial charge is 0.309 e. The van der Waals surface area contributed by atoms with Crippen LogP contribution in [0.4, 0.5) is 0 Å². The van der Waals surface area contributed by atoms with E-state index in [9.17, 15) is 14.4 Å². The van der Waals surface area contributed by atoms with Gasteiger partial charge < -0.3 is 5.11 Å². The van der Waals surface area contributed by atoms with Gasteiger partial charge in [-0.15, -0.1) is 0 Å². The molecule has 0 spiro atoms. The zero-order chi connectivity index (χ0) is 16.8. The Hall–Kier alpha value is -1.19. The number of carboxylic acids is 1. The molecule has 0 heterocycles. The van der Waals surface area contributed by atoms with Crippen LogP contribution in [0.5, 0.6) is 0 Å². The molecule has 0 bridgehead atoms. The van der Waals surface area contributed by atoms with E-state index in [1.54, 1.807) is 20.8 Å². The Labute approximate surface area is 133 Å². The average Bonchev–Trinajstić information content (AvgIpc) is 3.21. The molecule has 1 N–H and O–H groups in total. The molecule has 0 saturated heterocycles. The van der Waals surface area contributed by atoms with Gasteiger partial charge in [0.05, 0.1) is 5.41 Å². The van der Waals surface area contributed by atoms with Crippen molar-refractivity contribution in [3.63, 3.8) is 0 Å². The molecule has 1 fully saturated rings. The second kappa shape index (κ2) is 7.89. The Balaban J connectivity index is 2.05. The summed E-state index contributed by atoms with van der Waals surface area (Å²) in [5.74, 6) is -0.209. The average molecular weight is 310 g/mol. The number of ketones is 2. The zero-order valence-corrected chi connectivity index (χ0v) is 14.2. The number of carbonyl (C=O) groups is 3. The van der Waals surface area contributed by atoms with Crippen molar-refractivity contribution in [3.05, 3.63) is 0 Å². The molecule has 1 aliphatic carbocycles. The Bertz CT molecular complexity index is 393. The molecule has 22 heavy (non-hydrogen) atoms. The Morgan fingerprint density at radius 2 is 1.55 bits per heavy atom. The van der Waals surface area contributed by atoms with Crippen molar-refractivity contribution < 1.29 is 19.5 Å². The molecule has 1 saturated carbocycles. The first-order valence-corrected chi connectivity index (χ1v) is 8.46. The summed E-state index contributed by atoms with van der Waals surface area (Å²) in [6.07, 6.45) is 8.10. The number of hydrogen-bond acceptors (Lipinski definition) is 3. The predicted molar refractivity (Wildman–Crippen MR) is 85.7 cm³/mol. The van der Waals surface area contributed by atoms with Crippen molar-refractivity contribution in [1.29, 1.82) is 0 Å². The van der Waals surface area contributed by atoms with Crippen LogP contribution in [0.25, 0.3) is 0 Å². The van der Waals surface area contributed by atoms with Crippen LogP contribution >= 0.6 is 0 Å². The number of carbonyl (C=O) groups excluding carboxylic acids is 2. The Kier molecular flexibility index (Phi) is 6.76. The minimum atomic E-state index is -0.779. The normalized spacial score (nSPS) is 16.3. The van der Waals surface area contributed by atoms with E-state index in [4.69, 9.17) is 5.11 Å². The highest BCUT2D eigenvalue weighted by Crippen LogP contribution is 2.50. The van der Waals surface area contributed by atoms with Gasteiger partial charge in [0.25, 0.3) is 0 Å². The molecule has 1 rings (SSSR count). The lowest BCUT2D eigenvalue weighted by atomic mass is 9.87. The minimum Gasteiger partial charge on any atom is -0.481 e. The molecule has 126 valence electrons. The maximum Gasteiger partial charge on any atom is 0.309 e. The summed E-state index contributed by atoms with van der Waals surface area (Å²) in [4.78, 5) is 34.2. The quantitative estimate of drug-likeness (QED) is 0.549. The molecule has 0 radical (unpaired) electrons. The highest BCUT2D eigenvalue weighted by molar-refractivity contribution is 5.84. The van der Waals surface area contributed by atoms with Crippen LogP contribution in [0.3, 0.4) is 0 Å². The summed E-state index contributed by atoms with van der Waals surface area (Å²) < 4.78 is 0. The van der Waals surface area contributed by atoms with Gasteiger partial charge in [0.2, 0.25) is 0 Å². The standard InChI is InChI=1S/C18H30O4/c1-14(19)18(12-13-18)11-7-5-9-15(20)8-4-6-10-17(2,3)16(21)22/h4-13H2,1-3H3,(H,21,22). The third kappa shape index (κ3) is 5.90. The van der Waals surface area contributed by atoms with Crippen LogP contribution in [-0.4, -0.2) is 22.6 Å². The van der Waals surface area contributed by atoms with E-state index in [2.05, 4.69) is 0 Å². The van der Waals surface area contributed by atoms with Crippen LogP contribution in [0.2, 0.25) is 0 Å². The van der Waals surface area contributed by atoms with E-state index in [0.29, 0.717) is 25.0 Å². The summed E-state index contributed by atoms with van der Waals surface area (Å²) >= 11 is 0. The maximum atomic E-state index is 11.8. The molecule has 4 heteroatoms. The molecule has 0 unspecified atom stereocenters. The van der Waals surface area contributed by atoms with Gasteiger partial charge in [0.15, 0.2) is 0 Å². The molecule has 0 atom stereocenters. The molecule has 0 aromatic carbocycles. The fourth-order valence-electron chi connectivity index (χ4n) is 2.84. The lowest BCUT2D eigenvalue weighted by Crippen LogP contribution is -2.23. The topological polar surface area (TPSA) is 71.4 Å². The fourth-order valence-corrected chi connectivity index (χ4v) is 2.84. The summed E-state index contributed by atoms with van der Waals surface area (Å²) in [7, 11) is 0. The van der Waals surface area contributed by atoms with E-state index in [-0.39, 0.29) is 11.2 Å². The third-order valence-electron chi connectivity index (χ3n) is 5.05. The summed E-state index contributed by atoms with van der Waals surface area (Å²) in [6, 6.07) is 0. The second-order valence-electron chi connectivity index (χ2n) is 7.48. The fraction of sp³-hybridized carbons (Fsp3) is 0.833. The van der Waals surface area contributed by atoms with Gasteiger partial charge in [-0.25, -0.2) is 0 Å². The summed E-state index contributed by atoms with van der Waals surface area (Å²) in [6.45, 7) is 5.12. The van der Waals surface area contributed by atoms with E-state index in [1.165, 1.54) is 0 Å². The van der Waals surface area contributed by atoms with Crippen LogP contribution < -0.4 is 0 Å². The van der Waals surface area contributed by atoms with Crippen LogP contribution in [-0.2, 0) is 14.4 Å². The third-order valence-corrected chi connectivity index (χ3v) is 5.05. The lowest BCUT2D eigenvalue weighted by molar-refractivity contribution is -0.147. The van der Waals surface area contributed by atoms with E-state index < -0.39 is 11.4 Å². The predicted octanol–water partition coefficient (Wildman–Crippen LogP) is 4.16. The number of aliphatic carboxylic acids is 1. The molecule has 0 aromatic rings. The summed E-state index contributed by atoms with van der Waals surface area (Å²) in [5.41, 5.74) is -0.736. The molecule has 0 aromatic heterocycles. The maximum absolute atomic E-state index is 11.8. The molecular weight excluding hydrogens is 280 g/mol. The van der Waals surface area contributed by atoms with Crippen LogP contribution in [0, 0.1) is 10.8 Å². The van der Waals surface area contributed by atoms with Gasteiger partial charge in [-0.05, 0) is 59.3 Å². The van der Waals surface area contributed by atoms with Gasteiger partial charge in [-0.1, -0.05) is 12.8 Å². The molecular formula is C18H30O4. The number of carboxylic acid groups (broad SMARTS) is 1. The second-order valence-corrected chi connectivity index (χ2v) is 7.48. The molecule has 0 aliphatic heterocycles. The summed E-state index contributed by atoms with van der Waals surface area (Å²) in [5, 5.41) is 9.01. The van der Waals surface area contributed by atoms with E-state index in [0.717, 1.165) is 44.9 Å². The zero-order valence-electron chi connectivity index (χ0n) is 14.2. The van der Waals surface area contributed by atoms with Crippen LogP contribution in [0.1, 0.15) is 85.0 Å². The highest BCUT2D eigenvalue weighted by Gasteiger charge is 2.46. The van der Waals surface area contributed by atoms with E-state index >= 15 is 0 Å². The van der Waals surface area contributed by atoms with Gasteiger partial charge >= 0.3 is 5.97 Å². The minimum absolute atomic E-state index is 0.0362. The number of unbranched alkanes of at least 4 members (excludes halogenated alkanes) is 2. The SMILES string of the molecule is CC(=O)C1(CCCCC(=O)CCCCC(C)(C)C(=O)O)CC1. The molecule has 1 aliphatic rings. The first kappa shape index (κ1) is 18.9. The van der Waals surface area contributed by atoms with Gasteiger partial charge in [0.1, 0.15) is 11.6 Å². The molecule has 4 nitrogen and oxygen atoms in total. The monoisotopic (exact) mass is 310 g/mol. The number of rotatable bonds is 12. The van der Waals surface area contributed by atoms with Crippen molar-refractivity contribution in [3.8, 4) is 0 Å². The van der Waals surface area contributed by atoms with Crippen molar-refractivity contribution >= 4 is 17.5 Å². The van der Waals surface area contributed by atoms with Crippen molar-refractivity contribution in [2.24, 2.45) is 10.8 Å². The first-order chi connectivity index (χ1) is 10.2. The lowest BCUT2D eigenvalue weighted by Gasteiger charge is -2.18. The van der Waals surface area contributed by atoms with Gasteiger partial charge in [-0.2, -0.15) is 0 Å². The highest BCUT2D eigenvalue weighted by atomic mass is 16.4. The van der Waals surface area contributed by atoms with Crippen molar-refractivity contribution in [1.82, 2.24) is 0 Å². The van der Waals surface area contributed by atoms with E-state index in [1.807, 2.05) is 0 Å².